The average Bonchev–Trinajstić information content (AvgIpc) is 2.68. The minimum Gasteiger partial charge on any atom is -0.488 e. The predicted octanol–water partition coefficient (Wildman–Crippen LogP) is 3.02. The van der Waals surface area contributed by atoms with Gasteiger partial charge in [-0.05, 0) is 42.8 Å². The molecular weight excluding hydrogens is 418 g/mol. The van der Waals surface area contributed by atoms with Gasteiger partial charge in [-0.25, -0.2) is 5.43 Å². The number of rotatable bonds is 8. The zero-order chi connectivity index (χ0) is 22.3. The molecular formula is C19H18ClN3O7. The number of carbonyl (C=O) groups excluding carboxylic acids is 2. The van der Waals surface area contributed by atoms with Crippen LogP contribution in [0.25, 0.3) is 0 Å². The number of benzene rings is 2. The summed E-state index contributed by atoms with van der Waals surface area (Å²) >= 11 is 5.93. The highest BCUT2D eigenvalue weighted by molar-refractivity contribution is 6.31. The fraction of sp³-hybridized carbons (Fsp3) is 0.211. The summed E-state index contributed by atoms with van der Waals surface area (Å²) in [4.78, 5) is 33.8. The third-order valence-electron chi connectivity index (χ3n) is 3.66. The van der Waals surface area contributed by atoms with Crippen molar-refractivity contribution in [1.29, 1.82) is 0 Å². The van der Waals surface area contributed by atoms with Gasteiger partial charge in [-0.15, -0.1) is 0 Å². The molecule has 1 amide bonds. The molecule has 2 aromatic rings. The summed E-state index contributed by atoms with van der Waals surface area (Å²) in [5, 5.41) is 15.7. The molecule has 0 aliphatic carbocycles. The van der Waals surface area contributed by atoms with Crippen LogP contribution in [0, 0.1) is 17.0 Å². The first-order valence-electron chi connectivity index (χ1n) is 8.47. The summed E-state index contributed by atoms with van der Waals surface area (Å²) in [6.07, 6.45) is 1.07. The van der Waals surface area contributed by atoms with Gasteiger partial charge in [0.15, 0.2) is 12.4 Å². The van der Waals surface area contributed by atoms with Gasteiger partial charge in [-0.1, -0.05) is 11.6 Å². The Morgan fingerprint density at radius 1 is 1.30 bits per heavy atom. The molecule has 0 aliphatic heterocycles. The first-order valence-corrected chi connectivity index (χ1v) is 8.85. The average molecular weight is 436 g/mol. The molecule has 0 spiro atoms. The predicted molar refractivity (Wildman–Crippen MR) is 108 cm³/mol. The van der Waals surface area contributed by atoms with Crippen LogP contribution in [0.5, 0.6) is 17.2 Å². The maximum atomic E-state index is 11.9. The van der Waals surface area contributed by atoms with E-state index in [1.54, 1.807) is 25.1 Å². The van der Waals surface area contributed by atoms with Gasteiger partial charge in [-0.3, -0.25) is 19.7 Å². The number of nitrogens with zero attached hydrogens (tertiary/aromatic N) is 2. The van der Waals surface area contributed by atoms with Gasteiger partial charge >= 0.3 is 11.7 Å². The lowest BCUT2D eigenvalue weighted by molar-refractivity contribution is -0.385. The Kier molecular flexibility index (Phi) is 7.70. The molecule has 2 aromatic carbocycles. The Hall–Kier alpha value is -3.66. The van der Waals surface area contributed by atoms with Crippen molar-refractivity contribution in [3.8, 4) is 17.2 Å². The second-order valence-electron chi connectivity index (χ2n) is 5.88. The lowest BCUT2D eigenvalue weighted by atomic mass is 10.1. The molecule has 0 saturated carbocycles. The van der Waals surface area contributed by atoms with Crippen LogP contribution in [0.1, 0.15) is 18.1 Å². The lowest BCUT2D eigenvalue weighted by Gasteiger charge is -2.09. The molecule has 0 aromatic heterocycles. The van der Waals surface area contributed by atoms with Gasteiger partial charge in [0.05, 0.1) is 23.8 Å². The van der Waals surface area contributed by atoms with Crippen molar-refractivity contribution < 1.29 is 28.7 Å². The van der Waals surface area contributed by atoms with E-state index in [0.29, 0.717) is 10.8 Å². The van der Waals surface area contributed by atoms with Crippen molar-refractivity contribution >= 4 is 35.4 Å². The Morgan fingerprint density at radius 3 is 2.63 bits per heavy atom. The third kappa shape index (κ3) is 5.92. The van der Waals surface area contributed by atoms with Crippen LogP contribution in [-0.4, -0.2) is 36.7 Å². The molecule has 0 radical (unpaired) electrons. The molecule has 10 nitrogen and oxygen atoms in total. The molecule has 1 N–H and O–H groups in total. The number of aryl methyl sites for hydroxylation is 1. The fourth-order valence-corrected chi connectivity index (χ4v) is 2.47. The van der Waals surface area contributed by atoms with Crippen LogP contribution in [-0.2, 0) is 9.59 Å². The van der Waals surface area contributed by atoms with Crippen molar-refractivity contribution in [3.63, 3.8) is 0 Å². The van der Waals surface area contributed by atoms with Gasteiger partial charge in [0.25, 0.3) is 5.91 Å². The van der Waals surface area contributed by atoms with E-state index in [9.17, 15) is 19.7 Å². The second-order valence-corrected chi connectivity index (χ2v) is 6.29. The van der Waals surface area contributed by atoms with Crippen molar-refractivity contribution in [1.82, 2.24) is 5.43 Å². The van der Waals surface area contributed by atoms with Crippen LogP contribution in [0.2, 0.25) is 5.02 Å². The van der Waals surface area contributed by atoms with E-state index in [-0.39, 0.29) is 23.7 Å². The Balaban J connectivity index is 2.09. The summed E-state index contributed by atoms with van der Waals surface area (Å²) < 4.78 is 15.3. The summed E-state index contributed by atoms with van der Waals surface area (Å²) in [5.74, 6) is -1.13. The Bertz CT molecular complexity index is 1010. The molecule has 158 valence electrons. The summed E-state index contributed by atoms with van der Waals surface area (Å²) in [5.41, 5.74) is 2.57. The third-order valence-corrected chi connectivity index (χ3v) is 4.08. The number of hydrogen-bond acceptors (Lipinski definition) is 8. The Labute approximate surface area is 176 Å². The SMILES string of the molecule is COc1c(OC(C)=O)ccc(/C=N\NC(=O)COc2ccc(Cl)c(C)c2)c1[N+](=O)[O-]. The van der Waals surface area contributed by atoms with Crippen molar-refractivity contribution in [2.45, 2.75) is 13.8 Å². The highest BCUT2D eigenvalue weighted by atomic mass is 35.5. The number of nitro groups is 1. The maximum absolute atomic E-state index is 11.9. The van der Waals surface area contributed by atoms with Gasteiger partial charge in [0, 0.05) is 11.9 Å². The van der Waals surface area contributed by atoms with E-state index in [1.807, 2.05) is 0 Å². The van der Waals surface area contributed by atoms with Gasteiger partial charge in [-0.2, -0.15) is 5.10 Å². The zero-order valence-electron chi connectivity index (χ0n) is 16.3. The number of hydrazone groups is 1. The van der Waals surface area contributed by atoms with Crippen molar-refractivity contribution in [3.05, 3.63) is 56.6 Å². The van der Waals surface area contributed by atoms with Crippen LogP contribution in [0.15, 0.2) is 35.4 Å². The number of ether oxygens (including phenoxy) is 3. The van der Waals surface area contributed by atoms with Crippen LogP contribution < -0.4 is 19.6 Å². The minimum absolute atomic E-state index is 0.0299. The zero-order valence-corrected chi connectivity index (χ0v) is 17.1. The minimum atomic E-state index is -0.707. The number of carbonyl (C=O) groups is 2. The molecule has 11 heteroatoms. The molecule has 0 fully saturated rings. The summed E-state index contributed by atoms with van der Waals surface area (Å²) in [6, 6.07) is 7.57. The first kappa shape index (κ1) is 22.6. The number of halogens is 1. The monoisotopic (exact) mass is 435 g/mol. The molecule has 0 unspecified atom stereocenters. The topological polar surface area (TPSA) is 129 Å². The summed E-state index contributed by atoms with van der Waals surface area (Å²) in [7, 11) is 1.20. The van der Waals surface area contributed by atoms with E-state index >= 15 is 0 Å². The van der Waals surface area contributed by atoms with Gasteiger partial charge in [0.2, 0.25) is 5.75 Å². The summed E-state index contributed by atoms with van der Waals surface area (Å²) in [6.45, 7) is 2.63. The highest BCUT2D eigenvalue weighted by Gasteiger charge is 2.25. The smallest absolute Gasteiger partial charge is 0.323 e. The molecule has 2 rings (SSSR count). The van der Waals surface area contributed by atoms with Crippen LogP contribution in [0.4, 0.5) is 5.69 Å². The molecule has 0 heterocycles. The highest BCUT2D eigenvalue weighted by Crippen LogP contribution is 2.39. The number of amides is 1. The largest absolute Gasteiger partial charge is 0.488 e. The number of hydrogen-bond donors (Lipinski definition) is 1. The standard InChI is InChI=1S/C19H18ClN3O7/c1-11-8-14(5-6-15(11)20)29-10-17(25)22-21-9-13-4-7-16(30-12(2)24)19(28-3)18(13)23(26)27/h4-9H,10H2,1-3H3,(H,22,25)/b21-9-. The first-order chi connectivity index (χ1) is 14.2. The quantitative estimate of drug-likeness (QED) is 0.222. The van der Waals surface area contributed by atoms with E-state index in [0.717, 1.165) is 18.7 Å². The van der Waals surface area contributed by atoms with Crippen LogP contribution >= 0.6 is 11.6 Å². The van der Waals surface area contributed by atoms with Crippen molar-refractivity contribution in [2.24, 2.45) is 5.10 Å². The molecule has 30 heavy (non-hydrogen) atoms. The van der Waals surface area contributed by atoms with E-state index < -0.39 is 22.5 Å². The van der Waals surface area contributed by atoms with Crippen LogP contribution in [0.3, 0.4) is 0 Å². The van der Waals surface area contributed by atoms with Gasteiger partial charge in [0.1, 0.15) is 5.75 Å². The van der Waals surface area contributed by atoms with E-state index in [1.165, 1.54) is 19.2 Å². The molecule has 0 bridgehead atoms. The Morgan fingerprint density at radius 2 is 2.03 bits per heavy atom. The fourth-order valence-electron chi connectivity index (χ4n) is 2.35. The second kappa shape index (κ2) is 10.2. The van der Waals surface area contributed by atoms with Gasteiger partial charge < -0.3 is 14.2 Å². The number of methoxy groups -OCH3 is 1. The molecule has 0 aliphatic rings. The molecule has 0 saturated heterocycles. The maximum Gasteiger partial charge on any atom is 0.323 e. The van der Waals surface area contributed by atoms with Crippen molar-refractivity contribution in [2.75, 3.05) is 13.7 Å². The number of nitro benzene ring substituents is 1. The normalized spacial score (nSPS) is 10.5. The number of esters is 1. The molecule has 0 atom stereocenters. The van der Waals surface area contributed by atoms with E-state index in [4.69, 9.17) is 25.8 Å². The number of nitrogens with one attached hydrogen (secondary N) is 1. The lowest BCUT2D eigenvalue weighted by Crippen LogP contribution is -2.24. The van der Waals surface area contributed by atoms with E-state index in [2.05, 4.69) is 10.5 Å².